The van der Waals surface area contributed by atoms with Crippen molar-refractivity contribution < 1.29 is 14.3 Å². The summed E-state index contributed by atoms with van der Waals surface area (Å²) in [4.78, 5) is 26.7. The molecule has 0 atom stereocenters. The Morgan fingerprint density at radius 1 is 0.900 bits per heavy atom. The van der Waals surface area contributed by atoms with Crippen LogP contribution in [0.4, 0.5) is 5.69 Å². The van der Waals surface area contributed by atoms with E-state index in [2.05, 4.69) is 10.9 Å². The first-order valence-electron chi connectivity index (χ1n) is 9.33. The van der Waals surface area contributed by atoms with Gasteiger partial charge in [0.15, 0.2) is 0 Å². The van der Waals surface area contributed by atoms with E-state index in [1.165, 1.54) is 0 Å². The molecule has 3 aromatic rings. The van der Waals surface area contributed by atoms with Crippen LogP contribution in [0.15, 0.2) is 78.9 Å². The molecule has 0 aliphatic rings. The first kappa shape index (κ1) is 21.2. The number of rotatable bonds is 7. The predicted molar refractivity (Wildman–Crippen MR) is 118 cm³/mol. The highest BCUT2D eigenvalue weighted by atomic mass is 35.5. The minimum Gasteiger partial charge on any atom is -0.497 e. The normalized spacial score (nSPS) is 10.2. The standard InChI is InChI=1S/C23H22ClN3O3/c1-30-19-13-11-18(12-14-19)27(15-17-7-3-2-4-8-17)16-22(28)25-26-23(29)20-9-5-6-10-21(20)24/h2-14H,15-16H2,1H3,(H,25,28)(H,26,29). The molecule has 3 aromatic carbocycles. The molecule has 0 fully saturated rings. The van der Waals surface area contributed by atoms with Crippen molar-refractivity contribution in [2.45, 2.75) is 6.54 Å². The van der Waals surface area contributed by atoms with Crippen LogP contribution in [-0.2, 0) is 11.3 Å². The molecule has 0 bridgehead atoms. The van der Waals surface area contributed by atoms with Gasteiger partial charge in [-0.05, 0) is 42.0 Å². The Morgan fingerprint density at radius 3 is 2.23 bits per heavy atom. The van der Waals surface area contributed by atoms with Crippen LogP contribution in [-0.4, -0.2) is 25.5 Å². The van der Waals surface area contributed by atoms with Crippen LogP contribution in [0.5, 0.6) is 5.75 Å². The van der Waals surface area contributed by atoms with Gasteiger partial charge in [-0.15, -0.1) is 0 Å². The van der Waals surface area contributed by atoms with Gasteiger partial charge in [-0.2, -0.15) is 0 Å². The number of hydrogen-bond acceptors (Lipinski definition) is 4. The number of methoxy groups -OCH3 is 1. The first-order valence-corrected chi connectivity index (χ1v) is 9.71. The van der Waals surface area contributed by atoms with Crippen LogP contribution in [0, 0.1) is 0 Å². The molecule has 0 aliphatic heterocycles. The topological polar surface area (TPSA) is 70.7 Å². The van der Waals surface area contributed by atoms with Crippen LogP contribution in [0.3, 0.4) is 0 Å². The molecule has 2 N–H and O–H groups in total. The zero-order valence-corrected chi connectivity index (χ0v) is 17.2. The fourth-order valence-electron chi connectivity index (χ4n) is 2.89. The summed E-state index contributed by atoms with van der Waals surface area (Å²) in [5, 5.41) is 0.313. The molecule has 0 unspecified atom stereocenters. The molecule has 30 heavy (non-hydrogen) atoms. The summed E-state index contributed by atoms with van der Waals surface area (Å²) >= 11 is 6.02. The Kier molecular flexibility index (Phi) is 7.29. The van der Waals surface area contributed by atoms with Crippen LogP contribution in [0.25, 0.3) is 0 Å². The van der Waals surface area contributed by atoms with Crippen LogP contribution >= 0.6 is 11.6 Å². The van der Waals surface area contributed by atoms with Gasteiger partial charge in [0, 0.05) is 12.2 Å². The molecule has 0 saturated heterocycles. The molecule has 0 heterocycles. The molecule has 0 spiro atoms. The van der Waals surface area contributed by atoms with Gasteiger partial charge in [0.05, 0.1) is 24.2 Å². The molecule has 3 rings (SSSR count). The smallest absolute Gasteiger partial charge is 0.271 e. The summed E-state index contributed by atoms with van der Waals surface area (Å²) in [5.74, 6) is -0.106. The Bertz CT molecular complexity index is 994. The van der Waals surface area contributed by atoms with Crippen molar-refractivity contribution in [1.29, 1.82) is 0 Å². The van der Waals surface area contributed by atoms with Gasteiger partial charge in [0.1, 0.15) is 5.75 Å². The van der Waals surface area contributed by atoms with Crippen LogP contribution in [0.2, 0.25) is 5.02 Å². The van der Waals surface area contributed by atoms with Gasteiger partial charge in [-0.1, -0.05) is 54.1 Å². The van der Waals surface area contributed by atoms with Gasteiger partial charge in [-0.3, -0.25) is 20.4 Å². The number of carbonyl (C=O) groups excluding carboxylic acids is 2. The van der Waals surface area contributed by atoms with Crippen molar-refractivity contribution in [2.75, 3.05) is 18.6 Å². The summed E-state index contributed by atoms with van der Waals surface area (Å²) in [7, 11) is 1.60. The Balaban J connectivity index is 1.67. The Morgan fingerprint density at radius 2 is 1.57 bits per heavy atom. The monoisotopic (exact) mass is 423 g/mol. The molecule has 0 aliphatic carbocycles. The van der Waals surface area contributed by atoms with Crippen molar-refractivity contribution in [2.24, 2.45) is 0 Å². The highest BCUT2D eigenvalue weighted by Crippen LogP contribution is 2.21. The van der Waals surface area contributed by atoms with Crippen molar-refractivity contribution in [3.8, 4) is 5.75 Å². The number of ether oxygens (including phenoxy) is 1. The van der Waals surface area contributed by atoms with Crippen LogP contribution in [0.1, 0.15) is 15.9 Å². The number of benzene rings is 3. The summed E-state index contributed by atoms with van der Waals surface area (Å²) in [5.41, 5.74) is 7.06. The van der Waals surface area contributed by atoms with E-state index in [1.54, 1.807) is 31.4 Å². The lowest BCUT2D eigenvalue weighted by atomic mass is 10.2. The lowest BCUT2D eigenvalue weighted by Crippen LogP contribution is -2.46. The Hall–Kier alpha value is -3.51. The third kappa shape index (κ3) is 5.75. The van der Waals surface area contributed by atoms with Gasteiger partial charge in [0.25, 0.3) is 11.8 Å². The van der Waals surface area contributed by atoms with Gasteiger partial charge in [-0.25, -0.2) is 0 Å². The third-order valence-electron chi connectivity index (χ3n) is 4.42. The maximum absolute atomic E-state index is 12.5. The number of hydrogen-bond donors (Lipinski definition) is 2. The Labute approximate surface area is 180 Å². The van der Waals surface area contributed by atoms with Gasteiger partial charge in [0.2, 0.25) is 0 Å². The first-order chi connectivity index (χ1) is 14.6. The second-order valence-corrected chi connectivity index (χ2v) is 6.93. The summed E-state index contributed by atoms with van der Waals surface area (Å²) in [6.07, 6.45) is 0. The number of anilines is 1. The number of halogens is 1. The van der Waals surface area contributed by atoms with Crippen LogP contribution < -0.4 is 20.5 Å². The predicted octanol–water partition coefficient (Wildman–Crippen LogP) is 3.82. The average Bonchev–Trinajstić information content (AvgIpc) is 2.78. The van der Waals surface area contributed by atoms with Gasteiger partial charge >= 0.3 is 0 Å². The molecular formula is C23H22ClN3O3. The van der Waals surface area contributed by atoms with Crippen molar-refractivity contribution in [1.82, 2.24) is 10.9 Å². The molecule has 6 nitrogen and oxygen atoms in total. The second kappa shape index (κ2) is 10.3. The number of nitrogens with zero attached hydrogens (tertiary/aromatic N) is 1. The van der Waals surface area contributed by atoms with E-state index in [-0.39, 0.29) is 18.0 Å². The second-order valence-electron chi connectivity index (χ2n) is 6.52. The summed E-state index contributed by atoms with van der Waals surface area (Å²) < 4.78 is 5.21. The van der Waals surface area contributed by atoms with E-state index >= 15 is 0 Å². The third-order valence-corrected chi connectivity index (χ3v) is 4.75. The van der Waals surface area contributed by atoms with Gasteiger partial charge < -0.3 is 9.64 Å². The highest BCUT2D eigenvalue weighted by molar-refractivity contribution is 6.33. The molecule has 7 heteroatoms. The van der Waals surface area contributed by atoms with E-state index in [0.717, 1.165) is 17.0 Å². The average molecular weight is 424 g/mol. The maximum Gasteiger partial charge on any atom is 0.271 e. The summed E-state index contributed by atoms with van der Waals surface area (Å²) in [6.45, 7) is 0.572. The largest absolute Gasteiger partial charge is 0.497 e. The van der Waals surface area contributed by atoms with Crippen molar-refractivity contribution in [3.63, 3.8) is 0 Å². The number of hydrazine groups is 1. The SMILES string of the molecule is COc1ccc(N(CC(=O)NNC(=O)c2ccccc2Cl)Cc2ccccc2)cc1. The zero-order chi connectivity index (χ0) is 21.3. The molecular weight excluding hydrogens is 402 g/mol. The number of nitrogens with one attached hydrogen (secondary N) is 2. The van der Waals surface area contributed by atoms with E-state index in [4.69, 9.17) is 16.3 Å². The van der Waals surface area contributed by atoms with Crippen molar-refractivity contribution >= 4 is 29.1 Å². The minimum absolute atomic E-state index is 0.0457. The molecule has 0 aromatic heterocycles. The lowest BCUT2D eigenvalue weighted by Gasteiger charge is -2.24. The molecule has 154 valence electrons. The summed E-state index contributed by atoms with van der Waals surface area (Å²) in [6, 6.07) is 23.9. The fraction of sp³-hybridized carbons (Fsp3) is 0.130. The maximum atomic E-state index is 12.5. The number of amides is 2. The molecule has 0 radical (unpaired) electrons. The van der Waals surface area contributed by atoms with E-state index in [0.29, 0.717) is 11.6 Å². The number of carbonyl (C=O) groups is 2. The zero-order valence-electron chi connectivity index (χ0n) is 16.5. The fourth-order valence-corrected chi connectivity index (χ4v) is 3.11. The highest BCUT2D eigenvalue weighted by Gasteiger charge is 2.15. The molecule has 2 amide bonds. The van der Waals surface area contributed by atoms with E-state index in [9.17, 15) is 9.59 Å². The van der Waals surface area contributed by atoms with E-state index in [1.807, 2.05) is 59.5 Å². The quantitative estimate of drug-likeness (QED) is 0.567. The minimum atomic E-state index is -0.479. The van der Waals surface area contributed by atoms with Crippen molar-refractivity contribution in [3.05, 3.63) is 95.0 Å². The van der Waals surface area contributed by atoms with E-state index < -0.39 is 5.91 Å². The lowest BCUT2D eigenvalue weighted by molar-refractivity contribution is -0.120. The molecule has 0 saturated carbocycles.